The van der Waals surface area contributed by atoms with E-state index in [0.717, 1.165) is 31.7 Å². The van der Waals surface area contributed by atoms with Crippen LogP contribution >= 0.6 is 0 Å². The van der Waals surface area contributed by atoms with E-state index < -0.39 is 0 Å². The van der Waals surface area contributed by atoms with Gasteiger partial charge < -0.3 is 20.3 Å². The molecule has 0 spiro atoms. The van der Waals surface area contributed by atoms with Crippen LogP contribution in [-0.2, 0) is 4.74 Å². The van der Waals surface area contributed by atoms with Gasteiger partial charge in [-0.15, -0.1) is 0 Å². The predicted octanol–water partition coefficient (Wildman–Crippen LogP) is 3.69. The maximum atomic E-state index is 6.08. The normalized spacial score (nSPS) is 24.9. The zero-order valence-corrected chi connectivity index (χ0v) is 17.6. The summed E-state index contributed by atoms with van der Waals surface area (Å²) in [5.41, 5.74) is 0. The van der Waals surface area contributed by atoms with Gasteiger partial charge in [-0.1, -0.05) is 38.5 Å². The highest BCUT2D eigenvalue weighted by Gasteiger charge is 2.27. The van der Waals surface area contributed by atoms with Crippen molar-refractivity contribution in [1.82, 2.24) is 15.5 Å². The molecule has 2 saturated carbocycles. The van der Waals surface area contributed by atoms with E-state index in [1.165, 1.54) is 90.1 Å². The van der Waals surface area contributed by atoms with Crippen LogP contribution in [0.1, 0.15) is 84.0 Å². The molecular formula is C22H42N4O. The third kappa shape index (κ3) is 7.26. The van der Waals surface area contributed by atoms with Crippen LogP contribution < -0.4 is 10.6 Å². The van der Waals surface area contributed by atoms with Crippen molar-refractivity contribution in [2.24, 2.45) is 4.99 Å². The van der Waals surface area contributed by atoms with Gasteiger partial charge in [-0.2, -0.15) is 0 Å². The molecule has 0 aromatic heterocycles. The summed E-state index contributed by atoms with van der Waals surface area (Å²) in [5, 5.41) is 7.09. The highest BCUT2D eigenvalue weighted by molar-refractivity contribution is 5.80. The second-order valence-corrected chi connectivity index (χ2v) is 8.64. The minimum Gasteiger partial charge on any atom is -0.376 e. The molecule has 3 aliphatic rings. The van der Waals surface area contributed by atoms with Crippen LogP contribution in [0.15, 0.2) is 4.99 Å². The molecule has 0 unspecified atom stereocenters. The van der Waals surface area contributed by atoms with Gasteiger partial charge in [0, 0.05) is 31.7 Å². The molecule has 0 radical (unpaired) electrons. The van der Waals surface area contributed by atoms with Crippen molar-refractivity contribution in [1.29, 1.82) is 0 Å². The fraction of sp³-hybridized carbons (Fsp3) is 0.955. The van der Waals surface area contributed by atoms with E-state index >= 15 is 0 Å². The molecule has 0 aromatic carbocycles. The average molecular weight is 379 g/mol. The number of aliphatic imine (C=N–C) groups is 1. The summed E-state index contributed by atoms with van der Waals surface area (Å²) in [6.07, 6.45) is 16.5. The highest BCUT2D eigenvalue weighted by atomic mass is 16.5. The lowest BCUT2D eigenvalue weighted by Crippen LogP contribution is -2.50. The van der Waals surface area contributed by atoms with E-state index in [4.69, 9.17) is 9.73 Å². The molecule has 1 aliphatic heterocycles. The average Bonchev–Trinajstić information content (AvgIpc) is 3.10. The first-order chi connectivity index (χ1) is 13.3. The summed E-state index contributed by atoms with van der Waals surface area (Å²) < 4.78 is 6.08. The SMILES string of the molecule is CCNC(=NCCOC1CCCCCC1)NC1CCN(C2CCCC2)CC1. The number of ether oxygens (including phenoxy) is 1. The van der Waals surface area contributed by atoms with Crippen molar-refractivity contribution in [3.63, 3.8) is 0 Å². The van der Waals surface area contributed by atoms with E-state index in [-0.39, 0.29) is 0 Å². The van der Waals surface area contributed by atoms with Crippen molar-refractivity contribution in [3.05, 3.63) is 0 Å². The van der Waals surface area contributed by atoms with Gasteiger partial charge in [0.05, 0.1) is 19.3 Å². The van der Waals surface area contributed by atoms with Gasteiger partial charge in [0.15, 0.2) is 5.96 Å². The Hall–Kier alpha value is -0.810. The molecule has 5 heteroatoms. The minimum atomic E-state index is 0.471. The Kier molecular flexibility index (Phi) is 9.22. The fourth-order valence-corrected chi connectivity index (χ4v) is 4.98. The van der Waals surface area contributed by atoms with Gasteiger partial charge in [-0.25, -0.2) is 0 Å². The first-order valence-electron chi connectivity index (χ1n) is 11.8. The van der Waals surface area contributed by atoms with Gasteiger partial charge in [0.1, 0.15) is 0 Å². The number of guanidine groups is 1. The number of hydrogen-bond donors (Lipinski definition) is 2. The molecule has 0 aromatic rings. The molecule has 0 bridgehead atoms. The van der Waals surface area contributed by atoms with Crippen LogP contribution in [0.3, 0.4) is 0 Å². The van der Waals surface area contributed by atoms with Gasteiger partial charge in [-0.05, 0) is 45.4 Å². The standard InChI is InChI=1S/C22H42N4O/c1-2-23-22(24-15-18-27-21-11-5-3-4-6-12-21)25-19-13-16-26(17-14-19)20-9-7-8-10-20/h19-21H,2-18H2,1H3,(H2,23,24,25). The van der Waals surface area contributed by atoms with Crippen LogP contribution in [-0.4, -0.2) is 61.8 Å². The minimum absolute atomic E-state index is 0.471. The van der Waals surface area contributed by atoms with Crippen molar-refractivity contribution in [3.8, 4) is 0 Å². The van der Waals surface area contributed by atoms with Gasteiger partial charge in [0.25, 0.3) is 0 Å². The third-order valence-corrected chi connectivity index (χ3v) is 6.57. The lowest BCUT2D eigenvalue weighted by Gasteiger charge is -2.36. The van der Waals surface area contributed by atoms with Crippen molar-refractivity contribution in [2.45, 2.75) is 102 Å². The molecule has 2 aliphatic carbocycles. The Morgan fingerprint density at radius 3 is 2.26 bits per heavy atom. The maximum Gasteiger partial charge on any atom is 0.191 e. The molecule has 156 valence electrons. The fourth-order valence-electron chi connectivity index (χ4n) is 4.98. The van der Waals surface area contributed by atoms with E-state index in [2.05, 4.69) is 22.5 Å². The summed E-state index contributed by atoms with van der Waals surface area (Å²) in [5.74, 6) is 0.973. The molecule has 0 atom stereocenters. The van der Waals surface area contributed by atoms with Crippen LogP contribution in [0.5, 0.6) is 0 Å². The zero-order valence-electron chi connectivity index (χ0n) is 17.6. The molecule has 0 amide bonds. The number of piperidine rings is 1. The molecule has 1 heterocycles. The molecule has 3 rings (SSSR count). The summed E-state index contributed by atoms with van der Waals surface area (Å²) in [7, 11) is 0. The molecule has 2 N–H and O–H groups in total. The number of hydrogen-bond acceptors (Lipinski definition) is 3. The smallest absolute Gasteiger partial charge is 0.191 e. The van der Waals surface area contributed by atoms with Crippen LogP contribution in [0, 0.1) is 0 Å². The number of nitrogens with one attached hydrogen (secondary N) is 2. The van der Waals surface area contributed by atoms with Crippen molar-refractivity contribution >= 4 is 5.96 Å². The van der Waals surface area contributed by atoms with E-state index in [1.54, 1.807) is 0 Å². The van der Waals surface area contributed by atoms with Crippen LogP contribution in [0.2, 0.25) is 0 Å². The molecule has 3 fully saturated rings. The van der Waals surface area contributed by atoms with Gasteiger partial charge >= 0.3 is 0 Å². The highest BCUT2D eigenvalue weighted by Crippen LogP contribution is 2.26. The maximum absolute atomic E-state index is 6.08. The van der Waals surface area contributed by atoms with E-state index in [0.29, 0.717) is 12.1 Å². The Morgan fingerprint density at radius 2 is 1.59 bits per heavy atom. The Bertz CT molecular complexity index is 420. The second kappa shape index (κ2) is 11.9. The lowest BCUT2D eigenvalue weighted by atomic mass is 10.0. The predicted molar refractivity (Wildman–Crippen MR) is 113 cm³/mol. The second-order valence-electron chi connectivity index (χ2n) is 8.64. The first-order valence-corrected chi connectivity index (χ1v) is 11.8. The molecule has 5 nitrogen and oxygen atoms in total. The van der Waals surface area contributed by atoms with Crippen molar-refractivity contribution < 1.29 is 4.74 Å². The largest absolute Gasteiger partial charge is 0.376 e. The third-order valence-electron chi connectivity index (χ3n) is 6.57. The van der Waals surface area contributed by atoms with Gasteiger partial charge in [-0.3, -0.25) is 4.99 Å². The summed E-state index contributed by atoms with van der Waals surface area (Å²) >= 11 is 0. The number of nitrogens with zero attached hydrogens (tertiary/aromatic N) is 2. The van der Waals surface area contributed by atoms with Crippen LogP contribution in [0.4, 0.5) is 0 Å². The lowest BCUT2D eigenvalue weighted by molar-refractivity contribution is 0.0487. The molecule has 1 saturated heterocycles. The quantitative estimate of drug-likeness (QED) is 0.307. The Labute approximate surface area is 166 Å². The Morgan fingerprint density at radius 1 is 0.926 bits per heavy atom. The number of rotatable bonds is 7. The zero-order chi connectivity index (χ0) is 18.7. The first kappa shape index (κ1) is 20.9. The molecular weight excluding hydrogens is 336 g/mol. The molecule has 27 heavy (non-hydrogen) atoms. The Balaban J connectivity index is 1.35. The monoisotopic (exact) mass is 378 g/mol. The topological polar surface area (TPSA) is 48.9 Å². The van der Waals surface area contributed by atoms with Crippen molar-refractivity contribution in [2.75, 3.05) is 32.8 Å². The van der Waals surface area contributed by atoms with E-state index in [1.807, 2.05) is 0 Å². The summed E-state index contributed by atoms with van der Waals surface area (Å²) in [4.78, 5) is 7.50. The van der Waals surface area contributed by atoms with E-state index in [9.17, 15) is 0 Å². The summed E-state index contributed by atoms with van der Waals surface area (Å²) in [6, 6.07) is 1.43. The number of likely N-dealkylation sites (tertiary alicyclic amines) is 1. The van der Waals surface area contributed by atoms with Crippen LogP contribution in [0.25, 0.3) is 0 Å². The summed E-state index contributed by atoms with van der Waals surface area (Å²) in [6.45, 7) is 7.05. The van der Waals surface area contributed by atoms with Gasteiger partial charge in [0.2, 0.25) is 0 Å².